The Balaban J connectivity index is 2.36. The van der Waals surface area contributed by atoms with E-state index in [1.165, 1.54) is 18.6 Å². The average Bonchev–Trinajstić information content (AvgIpc) is 2.61. The van der Waals surface area contributed by atoms with Gasteiger partial charge in [-0.2, -0.15) is 0 Å². The molecule has 0 saturated heterocycles. The molecule has 0 fully saturated rings. The molecule has 1 aromatic heterocycles. The summed E-state index contributed by atoms with van der Waals surface area (Å²) in [6, 6.07) is 2.82. The third-order valence-electron chi connectivity index (χ3n) is 1.56. The van der Waals surface area contributed by atoms with Gasteiger partial charge in [-0.05, 0) is 12.5 Å². The lowest BCUT2D eigenvalue weighted by Gasteiger charge is -1.94. The minimum absolute atomic E-state index is 0.234. The van der Waals surface area contributed by atoms with E-state index in [1.54, 1.807) is 0 Å². The highest BCUT2D eigenvalue weighted by Gasteiger charge is 2.10. The van der Waals surface area contributed by atoms with Gasteiger partial charge in [-0.25, -0.2) is 4.79 Å². The fraction of sp³-hybridized carbons (Fsp3) is 0.375. The molecule has 0 aliphatic heterocycles. The van der Waals surface area contributed by atoms with Crippen molar-refractivity contribution in [3.8, 4) is 0 Å². The Labute approximate surface area is 79.6 Å². The molecule has 0 saturated carbocycles. The first kappa shape index (κ1) is 10.2. The molecule has 0 amide bonds. The van der Waals surface area contributed by atoms with Gasteiger partial charge in [0.25, 0.3) is 0 Å². The molecule has 6 heteroatoms. The molecule has 0 spiro atoms. The van der Waals surface area contributed by atoms with Crippen molar-refractivity contribution in [3.05, 3.63) is 28.0 Å². The molecule has 0 aliphatic rings. The fourth-order valence-electron chi connectivity index (χ4n) is 0.959. The van der Waals surface area contributed by atoms with Crippen LogP contribution in [0.4, 0.5) is 5.88 Å². The molecule has 1 heterocycles. The number of furan rings is 1. The van der Waals surface area contributed by atoms with E-state index >= 15 is 0 Å². The van der Waals surface area contributed by atoms with Crippen molar-refractivity contribution in [3.63, 3.8) is 0 Å². The molecule has 0 atom stereocenters. The van der Waals surface area contributed by atoms with Crippen molar-refractivity contribution >= 4 is 12.4 Å². The van der Waals surface area contributed by atoms with Gasteiger partial charge >= 0.3 is 12.4 Å². The third-order valence-corrected chi connectivity index (χ3v) is 1.56. The van der Waals surface area contributed by atoms with Crippen LogP contribution in [0.25, 0.3) is 0 Å². The van der Waals surface area contributed by atoms with Crippen LogP contribution in [0.1, 0.15) is 12.2 Å². The van der Waals surface area contributed by atoms with Crippen molar-refractivity contribution in [2.45, 2.75) is 12.8 Å². The van der Waals surface area contributed by atoms with Crippen molar-refractivity contribution in [2.24, 2.45) is 0 Å². The van der Waals surface area contributed by atoms with Crippen LogP contribution in [0.15, 0.2) is 16.5 Å². The van der Waals surface area contributed by atoms with Crippen molar-refractivity contribution in [2.75, 3.05) is 6.61 Å². The lowest BCUT2D eigenvalue weighted by molar-refractivity contribution is -0.402. The summed E-state index contributed by atoms with van der Waals surface area (Å²) < 4.78 is 9.20. The van der Waals surface area contributed by atoms with Crippen LogP contribution in [0.2, 0.25) is 0 Å². The average molecular weight is 198 g/mol. The molecule has 0 bridgehead atoms. The van der Waals surface area contributed by atoms with E-state index < -0.39 is 4.92 Å². The maximum Gasteiger partial charge on any atom is 0.433 e. The molecule has 14 heavy (non-hydrogen) atoms. The monoisotopic (exact) mass is 198 g/mol. The smallest absolute Gasteiger partial charge is 0.433 e. The molecule has 6 nitrogen and oxygen atoms in total. The van der Waals surface area contributed by atoms with E-state index in [4.69, 9.17) is 4.42 Å². The van der Waals surface area contributed by atoms with Gasteiger partial charge in [0.2, 0.25) is 0 Å². The predicted molar refractivity (Wildman–Crippen MR) is 45.3 cm³/mol. The standard InChI is InChI=1S/C8H8NO5/c10-6-13-5-1-2-7-3-4-8(14-7)9(11)12/h3-4H,1-2,5H2. The highest BCUT2D eigenvalue weighted by atomic mass is 16.6. The maximum absolute atomic E-state index is 10.2. The molecule has 0 aliphatic carbocycles. The van der Waals surface area contributed by atoms with E-state index in [0.717, 1.165) is 0 Å². The molecule has 0 unspecified atom stereocenters. The summed E-state index contributed by atoms with van der Waals surface area (Å²) in [6.07, 6.45) is 1.05. The van der Waals surface area contributed by atoms with Gasteiger partial charge in [0.05, 0.1) is 12.7 Å². The summed E-state index contributed by atoms with van der Waals surface area (Å²) in [5.74, 6) is 0.231. The summed E-state index contributed by atoms with van der Waals surface area (Å²) in [6.45, 7) is 1.52. The lowest BCUT2D eigenvalue weighted by Crippen LogP contribution is -1.93. The summed E-state index contributed by atoms with van der Waals surface area (Å²) in [7, 11) is 0. The van der Waals surface area contributed by atoms with Crippen LogP contribution in [-0.4, -0.2) is 18.0 Å². The van der Waals surface area contributed by atoms with E-state index in [0.29, 0.717) is 18.6 Å². The molecular formula is C8H8NO5. The molecule has 1 rings (SSSR count). The topological polar surface area (TPSA) is 82.6 Å². The van der Waals surface area contributed by atoms with Crippen LogP contribution >= 0.6 is 0 Å². The molecule has 0 N–H and O–H groups in total. The first-order valence-electron chi connectivity index (χ1n) is 3.96. The Bertz CT molecular complexity index is 319. The fourth-order valence-corrected chi connectivity index (χ4v) is 0.959. The number of rotatable bonds is 6. The van der Waals surface area contributed by atoms with Crippen molar-refractivity contribution in [1.29, 1.82) is 0 Å². The largest absolute Gasteiger partial charge is 0.457 e. The zero-order valence-electron chi connectivity index (χ0n) is 7.26. The minimum Gasteiger partial charge on any atom is -0.457 e. The Kier molecular flexibility index (Phi) is 3.66. The SMILES string of the molecule is O=[C]OCCCc1ccc([N+](=O)[O-])o1. The minimum atomic E-state index is -0.598. The highest BCUT2D eigenvalue weighted by Crippen LogP contribution is 2.16. The second-order valence-corrected chi connectivity index (χ2v) is 2.53. The first-order valence-corrected chi connectivity index (χ1v) is 3.96. The van der Waals surface area contributed by atoms with Gasteiger partial charge in [0.1, 0.15) is 10.7 Å². The molecule has 0 aromatic carbocycles. The second kappa shape index (κ2) is 5.00. The van der Waals surface area contributed by atoms with Crippen LogP contribution in [0, 0.1) is 10.1 Å². The highest BCUT2D eigenvalue weighted by molar-refractivity contribution is 5.38. The number of carbonyl (C=O) groups excluding carboxylic acids is 1. The molecule has 1 radical (unpaired) electrons. The maximum atomic E-state index is 10.2. The van der Waals surface area contributed by atoms with Gasteiger partial charge in [0.15, 0.2) is 0 Å². The van der Waals surface area contributed by atoms with Crippen LogP contribution in [0.3, 0.4) is 0 Å². The number of nitrogens with zero attached hydrogens (tertiary/aromatic N) is 1. The summed E-state index contributed by atoms with van der Waals surface area (Å²) >= 11 is 0. The zero-order valence-corrected chi connectivity index (χ0v) is 7.26. The number of hydrogen-bond acceptors (Lipinski definition) is 5. The first-order chi connectivity index (χ1) is 6.74. The van der Waals surface area contributed by atoms with Gasteiger partial charge in [0, 0.05) is 6.42 Å². The number of hydrogen-bond donors (Lipinski definition) is 0. The van der Waals surface area contributed by atoms with E-state index in [2.05, 4.69) is 4.74 Å². The zero-order chi connectivity index (χ0) is 10.4. The third kappa shape index (κ3) is 2.89. The van der Waals surface area contributed by atoms with Crippen LogP contribution < -0.4 is 0 Å². The Morgan fingerprint density at radius 2 is 2.36 bits per heavy atom. The predicted octanol–water partition coefficient (Wildman–Crippen LogP) is 1.20. The molecular weight excluding hydrogens is 190 g/mol. The summed E-state index contributed by atoms with van der Waals surface area (Å²) in [5.41, 5.74) is 0. The van der Waals surface area contributed by atoms with Gasteiger partial charge in [-0.15, -0.1) is 0 Å². The van der Waals surface area contributed by atoms with Gasteiger partial charge < -0.3 is 9.15 Å². The Morgan fingerprint density at radius 1 is 1.57 bits per heavy atom. The second-order valence-electron chi connectivity index (χ2n) is 2.53. The van der Waals surface area contributed by atoms with Crippen molar-refractivity contribution in [1.82, 2.24) is 0 Å². The summed E-state index contributed by atoms with van der Waals surface area (Å²) in [4.78, 5) is 19.3. The number of nitro groups is 1. The van der Waals surface area contributed by atoms with E-state index in [-0.39, 0.29) is 12.5 Å². The quantitative estimate of drug-likeness (QED) is 0.389. The summed E-state index contributed by atoms with van der Waals surface area (Å²) in [5, 5.41) is 10.2. The number of aryl methyl sites for hydroxylation is 1. The van der Waals surface area contributed by atoms with Crippen LogP contribution in [0.5, 0.6) is 0 Å². The lowest BCUT2D eigenvalue weighted by atomic mass is 10.3. The Morgan fingerprint density at radius 3 is 2.93 bits per heavy atom. The number of ether oxygens (including phenoxy) is 1. The van der Waals surface area contributed by atoms with Crippen molar-refractivity contribution < 1.29 is 18.9 Å². The van der Waals surface area contributed by atoms with Crippen LogP contribution in [-0.2, 0) is 16.0 Å². The van der Waals surface area contributed by atoms with E-state index in [1.807, 2.05) is 0 Å². The van der Waals surface area contributed by atoms with E-state index in [9.17, 15) is 14.9 Å². The molecule has 75 valence electrons. The normalized spacial score (nSPS) is 9.71. The van der Waals surface area contributed by atoms with Gasteiger partial charge in [-0.3, -0.25) is 10.1 Å². The van der Waals surface area contributed by atoms with Gasteiger partial charge in [-0.1, -0.05) is 0 Å². The Hall–Kier alpha value is -1.85. The molecule has 1 aromatic rings.